The summed E-state index contributed by atoms with van der Waals surface area (Å²) in [6.45, 7) is 3.25. The molecule has 0 aliphatic carbocycles. The first-order valence-electron chi connectivity index (χ1n) is 5.98. The van der Waals surface area contributed by atoms with Crippen LogP contribution < -0.4 is 0 Å². The van der Waals surface area contributed by atoms with Gasteiger partial charge in [-0.05, 0) is 6.92 Å². The Morgan fingerprint density at radius 1 is 1.20 bits per heavy atom. The van der Waals surface area contributed by atoms with Crippen LogP contribution in [0.5, 0.6) is 0 Å². The van der Waals surface area contributed by atoms with Gasteiger partial charge in [-0.3, -0.25) is 14.4 Å². The third-order valence-corrected chi connectivity index (χ3v) is 3.57. The van der Waals surface area contributed by atoms with Gasteiger partial charge in [0.1, 0.15) is 24.7 Å². The Balaban J connectivity index is 2.87. The third kappa shape index (κ3) is 4.24. The van der Waals surface area contributed by atoms with Gasteiger partial charge in [-0.25, -0.2) is 4.39 Å². The van der Waals surface area contributed by atoms with Gasteiger partial charge >= 0.3 is 11.9 Å². The van der Waals surface area contributed by atoms with Crippen LogP contribution in [0.15, 0.2) is 0 Å². The Bertz CT molecular complexity index is 401. The van der Waals surface area contributed by atoms with E-state index in [1.165, 1.54) is 13.8 Å². The summed E-state index contributed by atoms with van der Waals surface area (Å²) in [4.78, 5) is 33.4. The highest BCUT2D eigenvalue weighted by Crippen LogP contribution is 2.34. The normalized spacial score (nSPS) is 33.4. The van der Waals surface area contributed by atoms with Crippen molar-refractivity contribution in [3.8, 4) is 0 Å². The number of alkyl halides is 2. The van der Waals surface area contributed by atoms with Crippen molar-refractivity contribution in [2.75, 3.05) is 6.61 Å². The highest BCUT2D eigenvalue weighted by Gasteiger charge is 2.49. The summed E-state index contributed by atoms with van der Waals surface area (Å²) in [6, 6.07) is 0. The van der Waals surface area contributed by atoms with Gasteiger partial charge in [0.05, 0.1) is 5.92 Å². The zero-order valence-electron chi connectivity index (χ0n) is 11.3. The molecule has 0 radical (unpaired) electrons. The number of hydrogen-bond acceptors (Lipinski definition) is 6. The molecule has 20 heavy (non-hydrogen) atoms. The van der Waals surface area contributed by atoms with Crippen molar-refractivity contribution in [3.63, 3.8) is 0 Å². The molecule has 1 heterocycles. The van der Waals surface area contributed by atoms with Gasteiger partial charge in [0.25, 0.3) is 0 Å². The molecule has 0 N–H and O–H groups in total. The monoisotopic (exact) mass is 354 g/mol. The summed E-state index contributed by atoms with van der Waals surface area (Å²) in [5, 5.41) is -0.854. The summed E-state index contributed by atoms with van der Waals surface area (Å²) in [7, 11) is 0. The fourth-order valence-corrected chi connectivity index (χ4v) is 2.71. The van der Waals surface area contributed by atoms with E-state index in [1.807, 2.05) is 0 Å². The topological polar surface area (TPSA) is 78.9 Å². The molecule has 1 rings (SSSR count). The molecule has 6 nitrogen and oxygen atoms in total. The second-order valence-electron chi connectivity index (χ2n) is 4.48. The van der Waals surface area contributed by atoms with Gasteiger partial charge in [-0.15, -0.1) is 0 Å². The molecular formula is C12H16BrFO6. The second-order valence-corrected chi connectivity index (χ2v) is 5.39. The molecule has 1 fully saturated rings. The maximum atomic E-state index is 14.3. The van der Waals surface area contributed by atoms with Crippen molar-refractivity contribution in [2.45, 2.75) is 44.2 Å². The number of hydrogen-bond donors (Lipinski definition) is 0. The zero-order chi connectivity index (χ0) is 15.4. The molecule has 0 aromatic carbocycles. The number of halogens is 2. The van der Waals surface area contributed by atoms with Crippen molar-refractivity contribution in [3.05, 3.63) is 0 Å². The van der Waals surface area contributed by atoms with Gasteiger partial charge in [-0.2, -0.15) is 0 Å². The molecule has 5 atom stereocenters. The van der Waals surface area contributed by atoms with E-state index in [4.69, 9.17) is 14.2 Å². The molecule has 5 unspecified atom stereocenters. The van der Waals surface area contributed by atoms with Gasteiger partial charge in [0.2, 0.25) is 0 Å². The Hall–Kier alpha value is -1.02. The SMILES string of the molecule is CC(=O)OCC1OC(Br)C(OC(C)=O)C(C(C)=O)C1F. The highest BCUT2D eigenvalue weighted by molar-refractivity contribution is 9.09. The molecule has 114 valence electrons. The Morgan fingerprint density at radius 2 is 1.80 bits per heavy atom. The van der Waals surface area contributed by atoms with Crippen molar-refractivity contribution < 1.29 is 33.0 Å². The number of ketones is 1. The Morgan fingerprint density at radius 3 is 2.25 bits per heavy atom. The molecule has 0 bridgehead atoms. The van der Waals surface area contributed by atoms with Gasteiger partial charge in [0.15, 0.2) is 11.1 Å². The standard InChI is InChI=1S/C12H16BrFO6/c1-5(15)9-10(14)8(4-18-6(2)16)20-12(13)11(9)19-7(3)17/h8-12H,4H2,1-3H3. The van der Waals surface area contributed by atoms with Crippen LogP contribution in [-0.4, -0.2) is 47.7 Å². The first-order valence-corrected chi connectivity index (χ1v) is 6.90. The number of esters is 2. The average molecular weight is 355 g/mol. The number of carbonyl (C=O) groups excluding carboxylic acids is 3. The van der Waals surface area contributed by atoms with E-state index >= 15 is 0 Å². The van der Waals surface area contributed by atoms with E-state index < -0.39 is 47.0 Å². The number of ether oxygens (including phenoxy) is 3. The molecule has 1 saturated heterocycles. The lowest BCUT2D eigenvalue weighted by Gasteiger charge is -2.39. The van der Waals surface area contributed by atoms with E-state index in [2.05, 4.69) is 15.9 Å². The fraction of sp³-hybridized carbons (Fsp3) is 0.750. The first-order chi connectivity index (χ1) is 9.23. The maximum Gasteiger partial charge on any atom is 0.303 e. The predicted octanol–water partition coefficient (Wildman–Crippen LogP) is 1.14. The number of Topliss-reactive ketones (excluding diaryl/α,β-unsaturated/α-hetero) is 1. The maximum absolute atomic E-state index is 14.3. The van der Waals surface area contributed by atoms with E-state index in [-0.39, 0.29) is 6.61 Å². The average Bonchev–Trinajstić information content (AvgIpc) is 2.30. The molecule has 8 heteroatoms. The lowest BCUT2D eigenvalue weighted by Crippen LogP contribution is -2.55. The molecule has 0 spiro atoms. The van der Waals surface area contributed by atoms with Crippen molar-refractivity contribution >= 4 is 33.7 Å². The summed E-state index contributed by atoms with van der Waals surface area (Å²) in [6.07, 6.45) is -3.89. The number of rotatable bonds is 4. The molecule has 0 saturated carbocycles. The predicted molar refractivity (Wildman–Crippen MR) is 68.8 cm³/mol. The quantitative estimate of drug-likeness (QED) is 0.556. The minimum atomic E-state index is -1.73. The van der Waals surface area contributed by atoms with E-state index in [0.717, 1.165) is 6.92 Å². The van der Waals surface area contributed by atoms with Gasteiger partial charge in [-0.1, -0.05) is 15.9 Å². The van der Waals surface area contributed by atoms with Gasteiger partial charge < -0.3 is 14.2 Å². The van der Waals surface area contributed by atoms with Crippen LogP contribution in [0.2, 0.25) is 0 Å². The van der Waals surface area contributed by atoms with E-state index in [0.29, 0.717) is 0 Å². The van der Waals surface area contributed by atoms with E-state index in [1.54, 1.807) is 0 Å². The highest BCUT2D eigenvalue weighted by atomic mass is 79.9. The van der Waals surface area contributed by atoms with Crippen molar-refractivity contribution in [1.29, 1.82) is 0 Å². The Kier molecular flexibility index (Phi) is 6.07. The zero-order valence-corrected chi connectivity index (χ0v) is 12.9. The molecule has 0 aromatic heterocycles. The van der Waals surface area contributed by atoms with Crippen LogP contribution in [0, 0.1) is 5.92 Å². The first kappa shape index (κ1) is 17.0. The summed E-state index contributed by atoms with van der Waals surface area (Å²) in [5.41, 5.74) is 0. The van der Waals surface area contributed by atoms with Crippen LogP contribution in [0.1, 0.15) is 20.8 Å². The lowest BCUT2D eigenvalue weighted by molar-refractivity contribution is -0.190. The summed E-state index contributed by atoms with van der Waals surface area (Å²) >= 11 is 3.11. The second kappa shape index (κ2) is 7.12. The van der Waals surface area contributed by atoms with Crippen LogP contribution in [0.25, 0.3) is 0 Å². The van der Waals surface area contributed by atoms with E-state index in [9.17, 15) is 18.8 Å². The molecule has 0 aromatic rings. The summed E-state index contributed by atoms with van der Waals surface area (Å²) in [5.74, 6) is -2.85. The van der Waals surface area contributed by atoms with Crippen molar-refractivity contribution in [2.24, 2.45) is 5.92 Å². The van der Waals surface area contributed by atoms with Crippen LogP contribution in [0.4, 0.5) is 4.39 Å². The summed E-state index contributed by atoms with van der Waals surface area (Å²) < 4.78 is 29.3. The molecular weight excluding hydrogens is 339 g/mol. The molecule has 1 aliphatic rings. The van der Waals surface area contributed by atoms with Crippen molar-refractivity contribution in [1.82, 2.24) is 0 Å². The van der Waals surface area contributed by atoms with Crippen LogP contribution in [0.3, 0.4) is 0 Å². The largest absolute Gasteiger partial charge is 0.463 e. The molecule has 0 amide bonds. The lowest BCUT2D eigenvalue weighted by atomic mass is 9.88. The minimum absolute atomic E-state index is 0.310. The number of carbonyl (C=O) groups is 3. The minimum Gasteiger partial charge on any atom is -0.463 e. The van der Waals surface area contributed by atoms with Crippen LogP contribution in [-0.2, 0) is 28.6 Å². The Labute approximate surface area is 124 Å². The molecule has 1 aliphatic heterocycles. The van der Waals surface area contributed by atoms with Crippen LogP contribution >= 0.6 is 15.9 Å². The smallest absolute Gasteiger partial charge is 0.303 e. The van der Waals surface area contributed by atoms with Gasteiger partial charge in [0, 0.05) is 13.8 Å². The fourth-order valence-electron chi connectivity index (χ4n) is 2.00. The third-order valence-electron chi connectivity index (χ3n) is 2.84.